The molecule has 0 aliphatic carbocycles. The lowest BCUT2D eigenvalue weighted by Gasteiger charge is -2.05. The number of hydrogen-bond donors (Lipinski definition) is 0. The van der Waals surface area contributed by atoms with Crippen LogP contribution in [0.3, 0.4) is 0 Å². The van der Waals surface area contributed by atoms with Crippen molar-refractivity contribution >= 4 is 21.7 Å². The van der Waals surface area contributed by atoms with Gasteiger partial charge < -0.3 is 9.47 Å². The molecule has 3 nitrogen and oxygen atoms in total. The van der Waals surface area contributed by atoms with Gasteiger partial charge in [-0.2, -0.15) is 0 Å². The van der Waals surface area contributed by atoms with E-state index in [1.165, 1.54) is 6.07 Å². The van der Waals surface area contributed by atoms with E-state index in [0.29, 0.717) is 36.3 Å². The quantitative estimate of drug-likeness (QED) is 0.691. The molecule has 18 heavy (non-hydrogen) atoms. The Balaban J connectivity index is 2.34. The van der Waals surface area contributed by atoms with Crippen LogP contribution in [0.25, 0.3) is 0 Å². The number of Topliss-reactive ketones (excluding diaryl/α,β-unsaturated/α-hetero) is 1. The molecule has 1 rings (SSSR count). The number of rotatable bonds is 8. The van der Waals surface area contributed by atoms with E-state index >= 15 is 0 Å². The lowest BCUT2D eigenvalue weighted by molar-refractivity contribution is -0.119. The SMILES string of the molecule is COCCOCCC(=O)Cc1cccc(F)c1Br. The Morgan fingerprint density at radius 3 is 2.83 bits per heavy atom. The van der Waals surface area contributed by atoms with Crippen LogP contribution >= 0.6 is 15.9 Å². The first-order valence-electron chi connectivity index (χ1n) is 5.66. The molecule has 1 aromatic rings. The molecule has 0 heterocycles. The number of halogens is 2. The standard InChI is InChI=1S/C13H16BrFO3/c1-17-7-8-18-6-5-11(16)9-10-3-2-4-12(15)13(10)14/h2-4H,5-9H2,1H3. The van der Waals surface area contributed by atoms with Crippen LogP contribution in [0.1, 0.15) is 12.0 Å². The molecule has 100 valence electrons. The molecule has 1 aromatic carbocycles. The van der Waals surface area contributed by atoms with E-state index in [1.807, 2.05) is 0 Å². The number of ether oxygens (including phenoxy) is 2. The normalized spacial score (nSPS) is 10.6. The maximum atomic E-state index is 13.2. The molecule has 5 heteroatoms. The van der Waals surface area contributed by atoms with Crippen LogP contribution in [0, 0.1) is 5.82 Å². The fourth-order valence-corrected chi connectivity index (χ4v) is 1.82. The van der Waals surface area contributed by atoms with Crippen LogP contribution < -0.4 is 0 Å². The van der Waals surface area contributed by atoms with Crippen LogP contribution in [0.5, 0.6) is 0 Å². The summed E-state index contributed by atoms with van der Waals surface area (Å²) in [7, 11) is 1.59. The van der Waals surface area contributed by atoms with Crippen molar-refractivity contribution in [2.75, 3.05) is 26.9 Å². The number of ketones is 1. The fourth-order valence-electron chi connectivity index (χ4n) is 1.42. The van der Waals surface area contributed by atoms with Crippen molar-refractivity contribution in [1.82, 2.24) is 0 Å². The highest BCUT2D eigenvalue weighted by Crippen LogP contribution is 2.21. The maximum Gasteiger partial charge on any atom is 0.139 e. The third-order valence-electron chi connectivity index (χ3n) is 2.38. The predicted molar refractivity (Wildman–Crippen MR) is 70.1 cm³/mol. The van der Waals surface area contributed by atoms with E-state index in [4.69, 9.17) is 9.47 Å². The van der Waals surface area contributed by atoms with Crippen molar-refractivity contribution in [2.45, 2.75) is 12.8 Å². The second-order valence-electron chi connectivity index (χ2n) is 3.78. The molecule has 0 atom stereocenters. The smallest absolute Gasteiger partial charge is 0.139 e. The van der Waals surface area contributed by atoms with Gasteiger partial charge in [0.2, 0.25) is 0 Å². The van der Waals surface area contributed by atoms with Gasteiger partial charge in [0.05, 0.1) is 24.3 Å². The topological polar surface area (TPSA) is 35.5 Å². The first kappa shape index (κ1) is 15.3. The minimum Gasteiger partial charge on any atom is -0.382 e. The summed E-state index contributed by atoms with van der Waals surface area (Å²) in [5.74, 6) is -0.324. The van der Waals surface area contributed by atoms with Gasteiger partial charge in [0.15, 0.2) is 0 Å². The highest BCUT2D eigenvalue weighted by Gasteiger charge is 2.09. The van der Waals surface area contributed by atoms with Gasteiger partial charge >= 0.3 is 0 Å². The van der Waals surface area contributed by atoms with Crippen molar-refractivity contribution in [1.29, 1.82) is 0 Å². The number of carbonyl (C=O) groups excluding carboxylic acids is 1. The largest absolute Gasteiger partial charge is 0.382 e. The Bertz CT molecular complexity index is 396. The van der Waals surface area contributed by atoms with E-state index < -0.39 is 0 Å². The second-order valence-corrected chi connectivity index (χ2v) is 4.58. The predicted octanol–water partition coefficient (Wildman–Crippen LogP) is 2.75. The summed E-state index contributed by atoms with van der Waals surface area (Å²) in [6.45, 7) is 1.37. The van der Waals surface area contributed by atoms with Crippen LogP contribution in [-0.2, 0) is 20.7 Å². The second kappa shape index (κ2) is 8.34. The first-order valence-corrected chi connectivity index (χ1v) is 6.45. The molecule has 0 amide bonds. The zero-order valence-electron chi connectivity index (χ0n) is 10.2. The van der Waals surface area contributed by atoms with Crippen molar-refractivity contribution in [3.63, 3.8) is 0 Å². The third kappa shape index (κ3) is 5.25. The van der Waals surface area contributed by atoms with Gasteiger partial charge in [0.25, 0.3) is 0 Å². The van der Waals surface area contributed by atoms with Crippen LogP contribution in [0.2, 0.25) is 0 Å². The van der Waals surface area contributed by atoms with Gasteiger partial charge in [0.1, 0.15) is 11.6 Å². The van der Waals surface area contributed by atoms with E-state index in [0.717, 1.165) is 0 Å². The summed E-state index contributed by atoms with van der Waals surface area (Å²) in [5, 5.41) is 0. The van der Waals surface area contributed by atoms with Crippen molar-refractivity contribution in [3.8, 4) is 0 Å². The number of hydrogen-bond acceptors (Lipinski definition) is 3. The Morgan fingerprint density at radius 2 is 2.11 bits per heavy atom. The van der Waals surface area contributed by atoms with E-state index in [9.17, 15) is 9.18 Å². The Kier molecular flexibility index (Phi) is 7.08. The van der Waals surface area contributed by atoms with Gasteiger partial charge in [-0.05, 0) is 27.6 Å². The van der Waals surface area contributed by atoms with Crippen molar-refractivity contribution in [3.05, 3.63) is 34.1 Å². The lowest BCUT2D eigenvalue weighted by Crippen LogP contribution is -2.10. The average Bonchev–Trinajstić information content (AvgIpc) is 2.35. The van der Waals surface area contributed by atoms with Crippen molar-refractivity contribution in [2.24, 2.45) is 0 Å². The average molecular weight is 319 g/mol. The lowest BCUT2D eigenvalue weighted by atomic mass is 10.1. The molecule has 0 radical (unpaired) electrons. The Morgan fingerprint density at radius 1 is 1.33 bits per heavy atom. The van der Waals surface area contributed by atoms with E-state index in [-0.39, 0.29) is 18.0 Å². The van der Waals surface area contributed by atoms with E-state index in [1.54, 1.807) is 19.2 Å². The van der Waals surface area contributed by atoms with Crippen LogP contribution in [0.4, 0.5) is 4.39 Å². The molecule has 0 spiro atoms. The van der Waals surface area contributed by atoms with Gasteiger partial charge in [-0.25, -0.2) is 4.39 Å². The van der Waals surface area contributed by atoms with E-state index in [2.05, 4.69) is 15.9 Å². The molecule has 0 aliphatic heterocycles. The fraction of sp³-hybridized carbons (Fsp3) is 0.462. The molecular weight excluding hydrogens is 303 g/mol. The summed E-state index contributed by atoms with van der Waals surface area (Å²) in [6.07, 6.45) is 0.540. The monoisotopic (exact) mass is 318 g/mol. The highest BCUT2D eigenvalue weighted by molar-refractivity contribution is 9.10. The van der Waals surface area contributed by atoms with Gasteiger partial charge in [-0.1, -0.05) is 12.1 Å². The molecular formula is C13H16BrFO3. The molecule has 0 bridgehead atoms. The minimum atomic E-state index is -0.350. The number of benzene rings is 1. The van der Waals surface area contributed by atoms with Crippen LogP contribution in [0.15, 0.2) is 22.7 Å². The zero-order valence-corrected chi connectivity index (χ0v) is 11.8. The highest BCUT2D eigenvalue weighted by atomic mass is 79.9. The number of methoxy groups -OCH3 is 1. The maximum absolute atomic E-state index is 13.2. The summed E-state index contributed by atoms with van der Waals surface area (Å²) in [4.78, 5) is 11.7. The summed E-state index contributed by atoms with van der Waals surface area (Å²) < 4.78 is 23.6. The van der Waals surface area contributed by atoms with Gasteiger partial charge in [-0.3, -0.25) is 4.79 Å². The number of carbonyl (C=O) groups is 1. The summed E-state index contributed by atoms with van der Waals surface area (Å²) >= 11 is 3.14. The minimum absolute atomic E-state index is 0.0266. The molecule has 0 fully saturated rings. The molecule has 0 aliphatic rings. The van der Waals surface area contributed by atoms with Crippen molar-refractivity contribution < 1.29 is 18.7 Å². The Hall–Kier alpha value is -0.780. The molecule has 0 saturated carbocycles. The molecule has 0 unspecified atom stereocenters. The zero-order chi connectivity index (χ0) is 13.4. The summed E-state index contributed by atoms with van der Waals surface area (Å²) in [6, 6.07) is 4.68. The third-order valence-corrected chi connectivity index (χ3v) is 3.26. The van der Waals surface area contributed by atoms with Crippen LogP contribution in [-0.4, -0.2) is 32.7 Å². The first-order chi connectivity index (χ1) is 8.65. The molecule has 0 aromatic heterocycles. The summed E-state index contributed by atoms with van der Waals surface area (Å²) in [5.41, 5.74) is 0.664. The van der Waals surface area contributed by atoms with Gasteiger partial charge in [0, 0.05) is 20.0 Å². The Labute approximate surface area is 114 Å². The van der Waals surface area contributed by atoms with Gasteiger partial charge in [-0.15, -0.1) is 0 Å². The molecule has 0 saturated heterocycles. The molecule has 0 N–H and O–H groups in total.